The molecule has 0 bridgehead atoms. The first-order valence-corrected chi connectivity index (χ1v) is 9.77. The third kappa shape index (κ3) is 4.71. The second-order valence-electron chi connectivity index (χ2n) is 7.82. The summed E-state index contributed by atoms with van der Waals surface area (Å²) in [4.78, 5) is 28.9. The second kappa shape index (κ2) is 8.32. The van der Waals surface area contributed by atoms with E-state index in [-0.39, 0.29) is 5.97 Å². The van der Waals surface area contributed by atoms with Gasteiger partial charge in [-0.05, 0) is 64.0 Å². The van der Waals surface area contributed by atoms with Crippen LogP contribution >= 0.6 is 0 Å². The molecule has 5 nitrogen and oxygen atoms in total. The lowest BCUT2D eigenvalue weighted by Crippen LogP contribution is -2.46. The molecule has 0 aromatic heterocycles. The molecule has 1 atom stereocenters. The van der Waals surface area contributed by atoms with Gasteiger partial charge in [-0.1, -0.05) is 12.8 Å². The van der Waals surface area contributed by atoms with Gasteiger partial charge in [0, 0.05) is 18.5 Å². The van der Waals surface area contributed by atoms with Gasteiger partial charge in [0.15, 0.2) is 0 Å². The quantitative estimate of drug-likeness (QED) is 0.700. The van der Waals surface area contributed by atoms with Gasteiger partial charge in [0.1, 0.15) is 0 Å². The topological polar surface area (TPSA) is 49.9 Å². The lowest BCUT2D eigenvalue weighted by molar-refractivity contribution is -0.142. The average molecular weight is 336 g/mol. The summed E-state index contributed by atoms with van der Waals surface area (Å²) >= 11 is 0. The molecule has 1 aliphatic heterocycles. The molecule has 2 aliphatic carbocycles. The molecule has 1 heterocycles. The van der Waals surface area contributed by atoms with Gasteiger partial charge < -0.3 is 9.64 Å². The van der Waals surface area contributed by atoms with Gasteiger partial charge in [-0.3, -0.25) is 14.5 Å². The van der Waals surface area contributed by atoms with Gasteiger partial charge in [-0.25, -0.2) is 0 Å². The Labute approximate surface area is 145 Å². The largest absolute Gasteiger partial charge is 0.469 e. The predicted octanol–water partition coefficient (Wildman–Crippen LogP) is 2.59. The minimum atomic E-state index is -0.106. The van der Waals surface area contributed by atoms with E-state index < -0.39 is 0 Å². The molecule has 2 saturated carbocycles. The van der Waals surface area contributed by atoms with Gasteiger partial charge in [0.25, 0.3) is 0 Å². The Hall–Kier alpha value is -1.10. The molecule has 0 spiro atoms. The first-order valence-electron chi connectivity index (χ1n) is 9.77. The molecule has 3 rings (SSSR count). The fourth-order valence-corrected chi connectivity index (χ4v) is 4.42. The van der Waals surface area contributed by atoms with Crippen molar-refractivity contribution in [2.24, 2.45) is 5.92 Å². The number of hydrogen-bond acceptors (Lipinski definition) is 4. The SMILES string of the molecule is COC(=O)CC1CCCN(CC(=O)N(C2CCCC2)C2CC2)CC1. The van der Waals surface area contributed by atoms with Crippen molar-refractivity contribution in [3.05, 3.63) is 0 Å². The van der Waals surface area contributed by atoms with Crippen molar-refractivity contribution in [3.8, 4) is 0 Å². The summed E-state index contributed by atoms with van der Waals surface area (Å²) in [5.41, 5.74) is 0. The Morgan fingerprint density at radius 3 is 2.33 bits per heavy atom. The Morgan fingerprint density at radius 2 is 1.67 bits per heavy atom. The van der Waals surface area contributed by atoms with Crippen LogP contribution in [0.4, 0.5) is 0 Å². The van der Waals surface area contributed by atoms with E-state index in [9.17, 15) is 9.59 Å². The monoisotopic (exact) mass is 336 g/mol. The van der Waals surface area contributed by atoms with Crippen molar-refractivity contribution >= 4 is 11.9 Å². The third-order valence-corrected chi connectivity index (χ3v) is 5.93. The van der Waals surface area contributed by atoms with Crippen molar-refractivity contribution in [3.63, 3.8) is 0 Å². The Morgan fingerprint density at radius 1 is 0.958 bits per heavy atom. The van der Waals surface area contributed by atoms with Crippen LogP contribution in [0.2, 0.25) is 0 Å². The van der Waals surface area contributed by atoms with Crippen LogP contribution < -0.4 is 0 Å². The minimum absolute atomic E-state index is 0.106. The van der Waals surface area contributed by atoms with E-state index >= 15 is 0 Å². The zero-order chi connectivity index (χ0) is 16.9. The molecular formula is C19H32N2O3. The van der Waals surface area contributed by atoms with Crippen molar-refractivity contribution in [2.75, 3.05) is 26.7 Å². The molecular weight excluding hydrogens is 304 g/mol. The number of hydrogen-bond donors (Lipinski definition) is 0. The zero-order valence-electron chi connectivity index (χ0n) is 15.0. The van der Waals surface area contributed by atoms with Crippen LogP contribution in [-0.4, -0.2) is 60.5 Å². The number of esters is 1. The summed E-state index contributed by atoms with van der Waals surface area (Å²) in [7, 11) is 1.46. The molecule has 1 unspecified atom stereocenters. The van der Waals surface area contributed by atoms with Gasteiger partial charge in [0.2, 0.25) is 5.91 Å². The van der Waals surface area contributed by atoms with Crippen molar-refractivity contribution in [2.45, 2.75) is 76.3 Å². The number of carbonyl (C=O) groups excluding carboxylic acids is 2. The van der Waals surface area contributed by atoms with Crippen LogP contribution in [0.3, 0.4) is 0 Å². The fraction of sp³-hybridized carbons (Fsp3) is 0.895. The number of rotatable bonds is 6. The van der Waals surface area contributed by atoms with E-state index in [0.29, 0.717) is 36.9 Å². The maximum Gasteiger partial charge on any atom is 0.305 e. The van der Waals surface area contributed by atoms with E-state index in [1.165, 1.54) is 45.6 Å². The third-order valence-electron chi connectivity index (χ3n) is 5.93. The van der Waals surface area contributed by atoms with Crippen molar-refractivity contribution in [1.29, 1.82) is 0 Å². The van der Waals surface area contributed by atoms with Crippen LogP contribution in [0.25, 0.3) is 0 Å². The molecule has 0 aromatic rings. The lowest BCUT2D eigenvalue weighted by atomic mass is 9.97. The van der Waals surface area contributed by atoms with E-state index in [2.05, 4.69) is 9.80 Å². The van der Waals surface area contributed by atoms with Gasteiger partial charge >= 0.3 is 5.97 Å². The maximum absolute atomic E-state index is 12.9. The van der Waals surface area contributed by atoms with Gasteiger partial charge in [0.05, 0.1) is 13.7 Å². The van der Waals surface area contributed by atoms with Crippen LogP contribution in [0.5, 0.6) is 0 Å². The summed E-state index contributed by atoms with van der Waals surface area (Å²) in [6.07, 6.45) is 11.0. The molecule has 1 amide bonds. The van der Waals surface area contributed by atoms with E-state index in [1.807, 2.05) is 0 Å². The molecule has 3 aliphatic rings. The average Bonchev–Trinajstić information content (AvgIpc) is 3.30. The summed E-state index contributed by atoms with van der Waals surface area (Å²) in [5.74, 6) is 0.647. The lowest BCUT2D eigenvalue weighted by Gasteiger charge is -2.31. The summed E-state index contributed by atoms with van der Waals surface area (Å²) in [6.45, 7) is 2.47. The normalized spacial score (nSPS) is 26.1. The molecule has 0 aromatic carbocycles. The number of amides is 1. The predicted molar refractivity (Wildman–Crippen MR) is 92.5 cm³/mol. The van der Waals surface area contributed by atoms with Gasteiger partial charge in [-0.15, -0.1) is 0 Å². The standard InChI is InChI=1S/C19H32N2O3/c1-24-19(23)13-15-5-4-11-20(12-10-15)14-18(22)21(17-8-9-17)16-6-2-3-7-16/h15-17H,2-14H2,1H3. The highest BCUT2D eigenvalue weighted by Crippen LogP contribution is 2.34. The number of nitrogens with zero attached hydrogens (tertiary/aromatic N) is 2. The molecule has 24 heavy (non-hydrogen) atoms. The van der Waals surface area contributed by atoms with E-state index in [4.69, 9.17) is 4.74 Å². The first kappa shape index (κ1) is 17.7. The highest BCUT2D eigenvalue weighted by molar-refractivity contribution is 5.79. The summed E-state index contributed by atoms with van der Waals surface area (Å²) in [6, 6.07) is 1.03. The molecule has 5 heteroatoms. The zero-order valence-corrected chi connectivity index (χ0v) is 15.0. The number of ether oxygens (including phenoxy) is 1. The molecule has 136 valence electrons. The number of likely N-dealkylation sites (tertiary alicyclic amines) is 1. The maximum atomic E-state index is 12.9. The Balaban J connectivity index is 1.49. The Bertz CT molecular complexity index is 444. The second-order valence-corrected chi connectivity index (χ2v) is 7.82. The van der Waals surface area contributed by atoms with E-state index in [1.54, 1.807) is 0 Å². The molecule has 3 fully saturated rings. The molecule has 0 radical (unpaired) electrons. The summed E-state index contributed by atoms with van der Waals surface area (Å²) in [5, 5.41) is 0. The van der Waals surface area contributed by atoms with E-state index in [0.717, 1.165) is 32.4 Å². The minimum Gasteiger partial charge on any atom is -0.469 e. The number of methoxy groups -OCH3 is 1. The van der Waals surface area contributed by atoms with Crippen LogP contribution in [-0.2, 0) is 14.3 Å². The van der Waals surface area contributed by atoms with Crippen LogP contribution in [0.15, 0.2) is 0 Å². The number of carbonyl (C=O) groups is 2. The molecule has 1 saturated heterocycles. The highest BCUT2D eigenvalue weighted by atomic mass is 16.5. The van der Waals surface area contributed by atoms with Crippen molar-refractivity contribution < 1.29 is 14.3 Å². The van der Waals surface area contributed by atoms with Crippen LogP contribution in [0.1, 0.15) is 64.2 Å². The first-order chi connectivity index (χ1) is 11.7. The van der Waals surface area contributed by atoms with Crippen LogP contribution in [0, 0.1) is 5.92 Å². The Kier molecular flexibility index (Phi) is 6.14. The summed E-state index contributed by atoms with van der Waals surface area (Å²) < 4.78 is 4.79. The molecule has 0 N–H and O–H groups in total. The van der Waals surface area contributed by atoms with Gasteiger partial charge in [-0.2, -0.15) is 0 Å². The highest BCUT2D eigenvalue weighted by Gasteiger charge is 2.38. The smallest absolute Gasteiger partial charge is 0.305 e. The van der Waals surface area contributed by atoms with Crippen molar-refractivity contribution in [1.82, 2.24) is 9.80 Å². The fourth-order valence-electron chi connectivity index (χ4n) is 4.42.